The molecule has 0 heteroatoms. The van der Waals surface area contributed by atoms with Crippen LogP contribution < -0.4 is 0 Å². The molecule has 2 atom stereocenters. The third-order valence-corrected chi connectivity index (χ3v) is 4.26. The van der Waals surface area contributed by atoms with Gasteiger partial charge in [0.25, 0.3) is 0 Å². The molecule has 0 radical (unpaired) electrons. The van der Waals surface area contributed by atoms with Crippen molar-refractivity contribution < 1.29 is 0 Å². The lowest BCUT2D eigenvalue weighted by Crippen LogP contribution is -2.10. The van der Waals surface area contributed by atoms with E-state index in [4.69, 9.17) is 0 Å². The summed E-state index contributed by atoms with van der Waals surface area (Å²) in [7, 11) is 0. The largest absolute Gasteiger partial charge is 0.0773 e. The minimum atomic E-state index is 0.923. The first-order valence-corrected chi connectivity index (χ1v) is 6.35. The summed E-state index contributed by atoms with van der Waals surface area (Å²) in [5.74, 6) is 1.85. The first kappa shape index (κ1) is 8.76. The zero-order valence-electron chi connectivity index (χ0n) is 8.97. The molecule has 14 heavy (non-hydrogen) atoms. The quantitative estimate of drug-likeness (QED) is 0.533. The molecule has 0 bridgehead atoms. The molecule has 0 aromatic rings. The number of allylic oxidation sites excluding steroid dienone is 4. The molecule has 76 valence electrons. The Morgan fingerprint density at radius 2 is 1.29 bits per heavy atom. The number of hydrogen-bond donors (Lipinski definition) is 0. The summed E-state index contributed by atoms with van der Waals surface area (Å²) in [6.07, 6.45) is 16.7. The van der Waals surface area contributed by atoms with Gasteiger partial charge in [0.1, 0.15) is 0 Å². The molecule has 2 saturated carbocycles. The van der Waals surface area contributed by atoms with Gasteiger partial charge in [-0.2, -0.15) is 0 Å². The zero-order valence-corrected chi connectivity index (χ0v) is 8.97. The Bertz CT molecular complexity index is 254. The Balaban J connectivity index is 1.89. The molecular weight excluding hydrogens is 168 g/mol. The van der Waals surface area contributed by atoms with E-state index in [2.05, 4.69) is 12.2 Å². The summed E-state index contributed by atoms with van der Waals surface area (Å²) >= 11 is 0. The van der Waals surface area contributed by atoms with Crippen LogP contribution in [-0.4, -0.2) is 0 Å². The SMILES string of the molecule is C1=C2CCCCCC2=CC2CCCC12. The first-order valence-electron chi connectivity index (χ1n) is 6.35. The summed E-state index contributed by atoms with van der Waals surface area (Å²) < 4.78 is 0. The van der Waals surface area contributed by atoms with Crippen molar-refractivity contribution >= 4 is 0 Å². The monoisotopic (exact) mass is 188 g/mol. The van der Waals surface area contributed by atoms with Gasteiger partial charge in [0, 0.05) is 0 Å². The van der Waals surface area contributed by atoms with Crippen LogP contribution in [0.5, 0.6) is 0 Å². The second-order valence-corrected chi connectivity index (χ2v) is 5.20. The molecule has 3 aliphatic carbocycles. The smallest absolute Gasteiger partial charge is 0.0164 e. The van der Waals surface area contributed by atoms with Crippen LogP contribution in [0.25, 0.3) is 0 Å². The fourth-order valence-electron chi connectivity index (χ4n) is 3.46. The average molecular weight is 188 g/mol. The highest BCUT2D eigenvalue weighted by Crippen LogP contribution is 2.42. The predicted octanol–water partition coefficient (Wildman–Crippen LogP) is 4.23. The van der Waals surface area contributed by atoms with E-state index in [1.54, 1.807) is 11.1 Å². The molecule has 3 aliphatic rings. The number of fused-ring (bicyclic) bond motifs is 2. The van der Waals surface area contributed by atoms with E-state index >= 15 is 0 Å². The molecule has 0 amide bonds. The fourth-order valence-corrected chi connectivity index (χ4v) is 3.46. The first-order chi connectivity index (χ1) is 6.93. The Labute approximate surface area is 87.1 Å². The Kier molecular flexibility index (Phi) is 2.23. The van der Waals surface area contributed by atoms with E-state index < -0.39 is 0 Å². The van der Waals surface area contributed by atoms with Crippen LogP contribution in [0.1, 0.15) is 51.4 Å². The van der Waals surface area contributed by atoms with Crippen molar-refractivity contribution in [1.82, 2.24) is 0 Å². The van der Waals surface area contributed by atoms with Gasteiger partial charge in [-0.3, -0.25) is 0 Å². The van der Waals surface area contributed by atoms with Gasteiger partial charge in [0.15, 0.2) is 0 Å². The van der Waals surface area contributed by atoms with Crippen LogP contribution >= 0.6 is 0 Å². The van der Waals surface area contributed by atoms with Gasteiger partial charge in [-0.05, 0) is 61.5 Å². The molecule has 0 nitrogen and oxygen atoms in total. The molecule has 2 unspecified atom stereocenters. The summed E-state index contributed by atoms with van der Waals surface area (Å²) in [6.45, 7) is 0. The third-order valence-electron chi connectivity index (χ3n) is 4.26. The summed E-state index contributed by atoms with van der Waals surface area (Å²) in [5, 5.41) is 0. The van der Waals surface area contributed by atoms with Gasteiger partial charge >= 0.3 is 0 Å². The molecule has 0 aromatic carbocycles. The normalized spacial score (nSPS) is 36.6. The molecule has 3 rings (SSSR count). The van der Waals surface area contributed by atoms with Crippen LogP contribution in [0, 0.1) is 11.8 Å². The molecule has 0 aliphatic heterocycles. The van der Waals surface area contributed by atoms with Crippen LogP contribution in [-0.2, 0) is 0 Å². The van der Waals surface area contributed by atoms with E-state index in [0.717, 1.165) is 11.8 Å². The lowest BCUT2D eigenvalue weighted by atomic mass is 9.82. The summed E-state index contributed by atoms with van der Waals surface area (Å²) in [6, 6.07) is 0. The van der Waals surface area contributed by atoms with Crippen molar-refractivity contribution in [1.29, 1.82) is 0 Å². The van der Waals surface area contributed by atoms with Gasteiger partial charge in [-0.15, -0.1) is 0 Å². The summed E-state index contributed by atoms with van der Waals surface area (Å²) in [4.78, 5) is 0. The van der Waals surface area contributed by atoms with E-state index in [0.29, 0.717) is 0 Å². The molecule has 0 aromatic heterocycles. The second-order valence-electron chi connectivity index (χ2n) is 5.20. The second kappa shape index (κ2) is 3.56. The van der Waals surface area contributed by atoms with Crippen molar-refractivity contribution in [2.75, 3.05) is 0 Å². The molecule has 0 N–H and O–H groups in total. The van der Waals surface area contributed by atoms with E-state index in [1.807, 2.05) is 0 Å². The van der Waals surface area contributed by atoms with Crippen molar-refractivity contribution in [2.45, 2.75) is 51.4 Å². The van der Waals surface area contributed by atoms with Gasteiger partial charge in [-0.25, -0.2) is 0 Å². The summed E-state index contributed by atoms with van der Waals surface area (Å²) in [5.41, 5.74) is 3.45. The van der Waals surface area contributed by atoms with Crippen molar-refractivity contribution in [2.24, 2.45) is 11.8 Å². The van der Waals surface area contributed by atoms with Crippen LogP contribution in [0.3, 0.4) is 0 Å². The third kappa shape index (κ3) is 1.45. The molecule has 0 saturated heterocycles. The highest BCUT2D eigenvalue weighted by atomic mass is 14.3. The maximum absolute atomic E-state index is 2.64. The van der Waals surface area contributed by atoms with Crippen LogP contribution in [0.2, 0.25) is 0 Å². The van der Waals surface area contributed by atoms with Crippen molar-refractivity contribution in [3.63, 3.8) is 0 Å². The molecule has 0 heterocycles. The van der Waals surface area contributed by atoms with Crippen LogP contribution in [0.15, 0.2) is 23.3 Å². The lowest BCUT2D eigenvalue weighted by molar-refractivity contribution is 0.539. The molecule has 2 fully saturated rings. The van der Waals surface area contributed by atoms with Crippen molar-refractivity contribution in [3.05, 3.63) is 23.3 Å². The number of hydrogen-bond acceptors (Lipinski definition) is 0. The van der Waals surface area contributed by atoms with E-state index in [-0.39, 0.29) is 0 Å². The molecular formula is C14H20. The maximum atomic E-state index is 2.64. The van der Waals surface area contributed by atoms with Gasteiger partial charge in [0.2, 0.25) is 0 Å². The minimum Gasteiger partial charge on any atom is -0.0773 e. The van der Waals surface area contributed by atoms with E-state index in [9.17, 15) is 0 Å². The maximum Gasteiger partial charge on any atom is -0.0164 e. The molecule has 0 spiro atoms. The average Bonchev–Trinajstić information content (AvgIpc) is 2.51. The highest BCUT2D eigenvalue weighted by Gasteiger charge is 2.28. The zero-order chi connectivity index (χ0) is 9.38. The Morgan fingerprint density at radius 1 is 0.714 bits per heavy atom. The minimum absolute atomic E-state index is 0.923. The Hall–Kier alpha value is -0.520. The Morgan fingerprint density at radius 3 is 1.86 bits per heavy atom. The van der Waals surface area contributed by atoms with Gasteiger partial charge in [-0.1, -0.05) is 25.0 Å². The standard InChI is InChI=1S/C14H20/c1-2-5-11-9-13-7-4-8-14(13)10-12(11)6-3-1/h9-10,13-14H,1-8H2. The van der Waals surface area contributed by atoms with Crippen molar-refractivity contribution in [3.8, 4) is 0 Å². The number of rotatable bonds is 0. The van der Waals surface area contributed by atoms with Crippen LogP contribution in [0.4, 0.5) is 0 Å². The predicted molar refractivity (Wildman–Crippen MR) is 60.1 cm³/mol. The van der Waals surface area contributed by atoms with E-state index in [1.165, 1.54) is 51.4 Å². The highest BCUT2D eigenvalue weighted by molar-refractivity contribution is 5.37. The van der Waals surface area contributed by atoms with Gasteiger partial charge in [0.05, 0.1) is 0 Å². The lowest BCUT2D eigenvalue weighted by Gasteiger charge is -2.23. The fraction of sp³-hybridized carbons (Fsp3) is 0.714. The van der Waals surface area contributed by atoms with Gasteiger partial charge < -0.3 is 0 Å². The topological polar surface area (TPSA) is 0 Å².